The second-order valence-corrected chi connectivity index (χ2v) is 4.05. The lowest BCUT2D eigenvalue weighted by Gasteiger charge is -2.26. The second-order valence-electron chi connectivity index (χ2n) is 4.05. The van der Waals surface area contributed by atoms with E-state index in [0.717, 1.165) is 19.0 Å². The van der Waals surface area contributed by atoms with Gasteiger partial charge in [-0.1, -0.05) is 31.2 Å². The largest absolute Gasteiger partial charge is 0.421 e. The van der Waals surface area contributed by atoms with E-state index in [2.05, 4.69) is 5.32 Å². The van der Waals surface area contributed by atoms with Crippen LogP contribution in [-0.2, 0) is 12.1 Å². The maximum Gasteiger partial charge on any atom is 0.421 e. The monoisotopic (exact) mass is 247 g/mol. The van der Waals surface area contributed by atoms with Crippen molar-refractivity contribution in [3.05, 3.63) is 35.4 Å². The summed E-state index contributed by atoms with van der Waals surface area (Å²) in [6.07, 6.45) is -4.67. The van der Waals surface area contributed by atoms with E-state index in [1.807, 2.05) is 6.92 Å². The highest BCUT2D eigenvalue weighted by Gasteiger charge is 2.50. The molecule has 1 unspecified atom stereocenters. The van der Waals surface area contributed by atoms with E-state index in [1.54, 1.807) is 12.1 Å². The van der Waals surface area contributed by atoms with Gasteiger partial charge in [0.2, 0.25) is 0 Å². The molecule has 0 saturated heterocycles. The summed E-state index contributed by atoms with van der Waals surface area (Å²) in [5, 5.41) is 12.5. The maximum absolute atomic E-state index is 12.6. The fourth-order valence-electron chi connectivity index (χ4n) is 1.38. The van der Waals surface area contributed by atoms with Gasteiger partial charge < -0.3 is 10.4 Å². The molecular weight excluding hydrogens is 231 g/mol. The van der Waals surface area contributed by atoms with Crippen LogP contribution in [0.3, 0.4) is 0 Å². The lowest BCUT2D eigenvalue weighted by atomic mass is 9.94. The van der Waals surface area contributed by atoms with Crippen molar-refractivity contribution < 1.29 is 18.3 Å². The standard InChI is InChI=1S/C12H16F3NO/c1-3-16-8-9-4-6-10(7-5-9)11(2,17)12(13,14)15/h4-7,16-17H,3,8H2,1-2H3. The van der Waals surface area contributed by atoms with Gasteiger partial charge in [-0.25, -0.2) is 0 Å². The van der Waals surface area contributed by atoms with Crippen molar-refractivity contribution in [2.24, 2.45) is 0 Å². The zero-order valence-electron chi connectivity index (χ0n) is 9.80. The predicted molar refractivity (Wildman–Crippen MR) is 59.4 cm³/mol. The first-order valence-corrected chi connectivity index (χ1v) is 5.38. The van der Waals surface area contributed by atoms with Crippen molar-refractivity contribution in [2.45, 2.75) is 32.2 Å². The van der Waals surface area contributed by atoms with Crippen molar-refractivity contribution in [1.82, 2.24) is 5.32 Å². The number of hydrogen-bond donors (Lipinski definition) is 2. The van der Waals surface area contributed by atoms with E-state index < -0.39 is 11.8 Å². The van der Waals surface area contributed by atoms with Crippen LogP contribution >= 0.6 is 0 Å². The van der Waals surface area contributed by atoms with Crippen LogP contribution in [0.25, 0.3) is 0 Å². The lowest BCUT2D eigenvalue weighted by molar-refractivity contribution is -0.258. The summed E-state index contributed by atoms with van der Waals surface area (Å²) in [6, 6.07) is 5.77. The van der Waals surface area contributed by atoms with Crippen molar-refractivity contribution in [3.63, 3.8) is 0 Å². The molecule has 2 nitrogen and oxygen atoms in total. The average molecular weight is 247 g/mol. The molecule has 96 valence electrons. The molecule has 2 N–H and O–H groups in total. The minimum Gasteiger partial charge on any atom is -0.376 e. The number of rotatable bonds is 4. The molecule has 0 spiro atoms. The Hall–Kier alpha value is -1.07. The first-order valence-electron chi connectivity index (χ1n) is 5.38. The molecule has 1 aromatic rings. The van der Waals surface area contributed by atoms with Gasteiger partial charge in [0.05, 0.1) is 0 Å². The molecule has 0 amide bonds. The zero-order valence-corrected chi connectivity index (χ0v) is 9.80. The zero-order chi connectivity index (χ0) is 13.1. The Bertz CT molecular complexity index is 357. The summed E-state index contributed by atoms with van der Waals surface area (Å²) in [4.78, 5) is 0. The van der Waals surface area contributed by atoms with Crippen LogP contribution in [0.2, 0.25) is 0 Å². The molecule has 17 heavy (non-hydrogen) atoms. The van der Waals surface area contributed by atoms with Crippen molar-refractivity contribution in [2.75, 3.05) is 6.54 Å². The molecular formula is C12H16F3NO. The van der Waals surface area contributed by atoms with Crippen molar-refractivity contribution >= 4 is 0 Å². The van der Waals surface area contributed by atoms with E-state index in [0.29, 0.717) is 6.54 Å². The van der Waals surface area contributed by atoms with E-state index in [4.69, 9.17) is 0 Å². The van der Waals surface area contributed by atoms with Gasteiger partial charge in [0, 0.05) is 6.54 Å². The van der Waals surface area contributed by atoms with Crippen LogP contribution in [0.4, 0.5) is 13.2 Å². The minimum atomic E-state index is -4.67. The van der Waals surface area contributed by atoms with Gasteiger partial charge in [0.1, 0.15) is 0 Å². The lowest BCUT2D eigenvalue weighted by Crippen LogP contribution is -2.39. The molecule has 0 bridgehead atoms. The first kappa shape index (κ1) is 14.0. The number of halogens is 3. The molecule has 0 radical (unpaired) electrons. The van der Waals surface area contributed by atoms with Crippen molar-refractivity contribution in [3.8, 4) is 0 Å². The molecule has 0 saturated carbocycles. The van der Waals surface area contributed by atoms with Gasteiger partial charge in [-0.2, -0.15) is 13.2 Å². The van der Waals surface area contributed by atoms with Crippen molar-refractivity contribution in [1.29, 1.82) is 0 Å². The fraction of sp³-hybridized carbons (Fsp3) is 0.500. The average Bonchev–Trinajstić information content (AvgIpc) is 2.25. The Morgan fingerprint density at radius 2 is 1.71 bits per heavy atom. The Balaban J connectivity index is 2.87. The summed E-state index contributed by atoms with van der Waals surface area (Å²) in [5.41, 5.74) is -2.07. The topological polar surface area (TPSA) is 32.3 Å². The summed E-state index contributed by atoms with van der Waals surface area (Å²) in [6.45, 7) is 4.10. The SMILES string of the molecule is CCNCc1ccc(C(C)(O)C(F)(F)F)cc1. The van der Waals surface area contributed by atoms with E-state index >= 15 is 0 Å². The Labute approximate surface area is 98.5 Å². The third kappa shape index (κ3) is 3.20. The van der Waals surface area contributed by atoms with Gasteiger partial charge in [-0.15, -0.1) is 0 Å². The maximum atomic E-state index is 12.6. The van der Waals surface area contributed by atoms with Crippen LogP contribution in [0, 0.1) is 0 Å². The Morgan fingerprint density at radius 1 is 1.18 bits per heavy atom. The molecule has 0 aliphatic carbocycles. The van der Waals surface area contributed by atoms with Gasteiger partial charge in [-0.05, 0) is 24.6 Å². The number of benzene rings is 1. The van der Waals surface area contributed by atoms with E-state index in [1.165, 1.54) is 12.1 Å². The molecule has 0 aliphatic heterocycles. The summed E-state index contributed by atoms with van der Waals surface area (Å²) >= 11 is 0. The smallest absolute Gasteiger partial charge is 0.376 e. The highest BCUT2D eigenvalue weighted by molar-refractivity contribution is 5.27. The molecule has 5 heteroatoms. The normalized spacial score (nSPS) is 15.6. The van der Waals surface area contributed by atoms with Crippen LogP contribution in [0.15, 0.2) is 24.3 Å². The molecule has 1 atom stereocenters. The molecule has 0 aliphatic rings. The third-order valence-corrected chi connectivity index (χ3v) is 2.65. The fourth-order valence-corrected chi connectivity index (χ4v) is 1.38. The number of alkyl halides is 3. The third-order valence-electron chi connectivity index (χ3n) is 2.65. The number of hydrogen-bond acceptors (Lipinski definition) is 2. The van der Waals surface area contributed by atoms with Gasteiger partial charge in [-0.3, -0.25) is 0 Å². The molecule has 0 fully saturated rings. The van der Waals surface area contributed by atoms with E-state index in [9.17, 15) is 18.3 Å². The Morgan fingerprint density at radius 3 is 2.12 bits per heavy atom. The van der Waals surface area contributed by atoms with Crippen LogP contribution in [0.1, 0.15) is 25.0 Å². The number of nitrogens with one attached hydrogen (secondary N) is 1. The summed E-state index contributed by atoms with van der Waals surface area (Å²) < 4.78 is 37.7. The predicted octanol–water partition coefficient (Wildman–Crippen LogP) is 2.57. The minimum absolute atomic E-state index is 0.148. The Kier molecular flexibility index (Phi) is 4.16. The highest BCUT2D eigenvalue weighted by atomic mass is 19.4. The van der Waals surface area contributed by atoms with E-state index in [-0.39, 0.29) is 5.56 Å². The summed E-state index contributed by atoms with van der Waals surface area (Å²) in [7, 11) is 0. The molecule has 1 aromatic carbocycles. The molecule has 1 rings (SSSR count). The summed E-state index contributed by atoms with van der Waals surface area (Å²) in [5.74, 6) is 0. The van der Waals surface area contributed by atoms with Gasteiger partial charge in [0.15, 0.2) is 5.60 Å². The molecule has 0 aromatic heterocycles. The van der Waals surface area contributed by atoms with Gasteiger partial charge >= 0.3 is 6.18 Å². The second kappa shape index (κ2) is 5.06. The first-order chi connectivity index (χ1) is 7.79. The van der Waals surface area contributed by atoms with Crippen LogP contribution in [-0.4, -0.2) is 17.8 Å². The highest BCUT2D eigenvalue weighted by Crippen LogP contribution is 2.38. The van der Waals surface area contributed by atoms with Crippen LogP contribution in [0.5, 0.6) is 0 Å². The van der Waals surface area contributed by atoms with Gasteiger partial charge in [0.25, 0.3) is 0 Å². The quantitative estimate of drug-likeness (QED) is 0.857. The molecule has 0 heterocycles. The van der Waals surface area contributed by atoms with Crippen LogP contribution < -0.4 is 5.32 Å². The number of aliphatic hydroxyl groups is 1.